The lowest BCUT2D eigenvalue weighted by Gasteiger charge is -2.40. The van der Waals surface area contributed by atoms with Gasteiger partial charge in [-0.15, -0.1) is 0 Å². The smallest absolute Gasteiger partial charge is 0.247 e. The maximum atomic E-state index is 13.3. The number of carbonyl (C=O) groups is 2. The van der Waals surface area contributed by atoms with Gasteiger partial charge in [-0.05, 0) is 30.2 Å². The molecule has 2 amide bonds. The number of benzene rings is 1. The van der Waals surface area contributed by atoms with Crippen LogP contribution < -0.4 is 11.5 Å². The van der Waals surface area contributed by atoms with Gasteiger partial charge in [0.25, 0.3) is 0 Å². The quantitative estimate of drug-likeness (QED) is 0.544. The third-order valence-electron chi connectivity index (χ3n) is 5.64. The Bertz CT molecular complexity index is 1190. The van der Waals surface area contributed by atoms with Crippen LogP contribution in [0, 0.1) is 0 Å². The monoisotopic (exact) mass is 446 g/mol. The summed E-state index contributed by atoms with van der Waals surface area (Å²) < 4.78 is 0. The van der Waals surface area contributed by atoms with Gasteiger partial charge in [0.1, 0.15) is 18.2 Å². The molecule has 170 valence electrons. The van der Waals surface area contributed by atoms with E-state index in [2.05, 4.69) is 19.9 Å². The molecule has 1 aromatic carbocycles. The Balaban J connectivity index is 1.48. The summed E-state index contributed by atoms with van der Waals surface area (Å²) in [7, 11) is 0. The van der Waals surface area contributed by atoms with Crippen LogP contribution >= 0.6 is 0 Å². The molecule has 10 heteroatoms. The number of anilines is 2. The van der Waals surface area contributed by atoms with Crippen molar-refractivity contribution in [1.29, 1.82) is 0 Å². The summed E-state index contributed by atoms with van der Waals surface area (Å²) >= 11 is 0. The van der Waals surface area contributed by atoms with Crippen molar-refractivity contribution in [2.45, 2.75) is 32.4 Å². The van der Waals surface area contributed by atoms with Gasteiger partial charge in [0.2, 0.25) is 17.8 Å². The lowest BCUT2D eigenvalue weighted by Crippen LogP contribution is -2.58. The summed E-state index contributed by atoms with van der Waals surface area (Å²) in [4.78, 5) is 45.7. The maximum absolute atomic E-state index is 13.3. The predicted molar refractivity (Wildman–Crippen MR) is 125 cm³/mol. The molecule has 0 saturated carbocycles. The first kappa shape index (κ1) is 22.1. The highest BCUT2D eigenvalue weighted by molar-refractivity contribution is 5.96. The Morgan fingerprint density at radius 3 is 2.70 bits per heavy atom. The third-order valence-corrected chi connectivity index (χ3v) is 5.64. The van der Waals surface area contributed by atoms with E-state index in [0.717, 1.165) is 22.9 Å². The van der Waals surface area contributed by atoms with Gasteiger partial charge in [-0.3, -0.25) is 9.59 Å². The van der Waals surface area contributed by atoms with E-state index in [1.54, 1.807) is 28.3 Å². The van der Waals surface area contributed by atoms with Crippen molar-refractivity contribution in [1.82, 2.24) is 29.7 Å². The molecule has 3 aromatic rings. The van der Waals surface area contributed by atoms with Crippen molar-refractivity contribution in [2.24, 2.45) is 0 Å². The van der Waals surface area contributed by atoms with Gasteiger partial charge < -0.3 is 21.3 Å². The standard InChI is InChI=1S/C23H26N8O2/c1-2-3-19-22(33)30(13-15-4-6-17-18(10-15)28-14-29-21(17)24)8-9-31(19)20(32)7-5-16-11-26-23(25)27-12-16/h4-7,10-12,14,19H,2-3,8-9,13H2,1H3,(H2,24,28,29)(H2,25,26,27)/t19-/m0/s1. The molecule has 1 aliphatic rings. The maximum Gasteiger partial charge on any atom is 0.247 e. The Labute approximate surface area is 191 Å². The summed E-state index contributed by atoms with van der Waals surface area (Å²) in [6.07, 6.45) is 8.98. The molecule has 2 aromatic heterocycles. The van der Waals surface area contributed by atoms with Crippen LogP contribution in [-0.2, 0) is 16.1 Å². The molecular formula is C23H26N8O2. The number of amides is 2. The minimum atomic E-state index is -0.498. The highest BCUT2D eigenvalue weighted by Crippen LogP contribution is 2.22. The van der Waals surface area contributed by atoms with E-state index in [4.69, 9.17) is 11.5 Å². The molecule has 4 N–H and O–H groups in total. The number of carbonyl (C=O) groups excluding carboxylic acids is 2. The Morgan fingerprint density at radius 1 is 1.15 bits per heavy atom. The number of hydrogen-bond donors (Lipinski definition) is 2. The molecule has 1 aliphatic heterocycles. The molecule has 0 bridgehead atoms. The van der Waals surface area contributed by atoms with Crippen LogP contribution in [-0.4, -0.2) is 60.7 Å². The number of hydrogen-bond acceptors (Lipinski definition) is 8. The highest BCUT2D eigenvalue weighted by Gasteiger charge is 2.36. The summed E-state index contributed by atoms with van der Waals surface area (Å²) in [5.74, 6) is 0.334. The van der Waals surface area contributed by atoms with Gasteiger partial charge in [-0.25, -0.2) is 19.9 Å². The van der Waals surface area contributed by atoms with Crippen molar-refractivity contribution in [3.05, 3.63) is 54.1 Å². The first-order valence-electron chi connectivity index (χ1n) is 10.8. The van der Waals surface area contributed by atoms with Crippen molar-refractivity contribution < 1.29 is 9.59 Å². The fourth-order valence-corrected chi connectivity index (χ4v) is 3.95. The second kappa shape index (κ2) is 9.60. The molecule has 0 unspecified atom stereocenters. The lowest BCUT2D eigenvalue weighted by molar-refractivity contribution is -0.150. The van der Waals surface area contributed by atoms with Crippen LogP contribution in [0.15, 0.2) is 43.0 Å². The number of aromatic nitrogens is 4. The molecule has 1 fully saturated rings. The largest absolute Gasteiger partial charge is 0.383 e. The Kier molecular flexibility index (Phi) is 6.43. The van der Waals surface area contributed by atoms with Gasteiger partial charge in [0, 0.05) is 49.1 Å². The topological polar surface area (TPSA) is 144 Å². The van der Waals surface area contributed by atoms with Crippen molar-refractivity contribution in [3.63, 3.8) is 0 Å². The van der Waals surface area contributed by atoms with Crippen molar-refractivity contribution in [2.75, 3.05) is 24.6 Å². The van der Waals surface area contributed by atoms with E-state index in [1.807, 2.05) is 25.1 Å². The molecule has 1 saturated heterocycles. The summed E-state index contributed by atoms with van der Waals surface area (Å²) in [5.41, 5.74) is 13.8. The predicted octanol–water partition coefficient (Wildman–Crippen LogP) is 1.64. The first-order valence-corrected chi connectivity index (χ1v) is 10.8. The molecule has 0 radical (unpaired) electrons. The van der Waals surface area contributed by atoms with Gasteiger partial charge in [-0.1, -0.05) is 19.4 Å². The molecular weight excluding hydrogens is 420 g/mol. The number of nitrogens with zero attached hydrogens (tertiary/aromatic N) is 6. The summed E-state index contributed by atoms with van der Waals surface area (Å²) in [5, 5.41) is 0.783. The molecule has 4 rings (SSSR count). The van der Waals surface area contributed by atoms with Crippen LogP contribution in [0.4, 0.5) is 11.8 Å². The van der Waals surface area contributed by atoms with E-state index in [0.29, 0.717) is 37.4 Å². The van der Waals surface area contributed by atoms with Crippen LogP contribution in [0.3, 0.4) is 0 Å². The lowest BCUT2D eigenvalue weighted by atomic mass is 10.0. The average Bonchev–Trinajstić information content (AvgIpc) is 2.81. The minimum Gasteiger partial charge on any atom is -0.383 e. The number of fused-ring (bicyclic) bond motifs is 1. The van der Waals surface area contributed by atoms with E-state index < -0.39 is 6.04 Å². The first-order chi connectivity index (χ1) is 16.0. The fraction of sp³-hybridized carbons (Fsp3) is 0.304. The zero-order valence-corrected chi connectivity index (χ0v) is 18.4. The van der Waals surface area contributed by atoms with Crippen molar-refractivity contribution >= 4 is 40.6 Å². The molecule has 0 aliphatic carbocycles. The second-order valence-electron chi connectivity index (χ2n) is 7.91. The van der Waals surface area contributed by atoms with Crippen LogP contribution in [0.1, 0.15) is 30.9 Å². The Hall–Kier alpha value is -4.08. The third kappa shape index (κ3) is 4.89. The number of piperazine rings is 1. The van der Waals surface area contributed by atoms with Crippen molar-refractivity contribution in [3.8, 4) is 0 Å². The highest BCUT2D eigenvalue weighted by atomic mass is 16.2. The SMILES string of the molecule is CCC[C@H]1C(=O)N(Cc2ccc3c(N)ncnc3c2)CCN1C(=O)C=Cc1cnc(N)nc1. The zero-order valence-electron chi connectivity index (χ0n) is 18.4. The van der Waals surface area contributed by atoms with E-state index in [1.165, 1.54) is 12.4 Å². The zero-order chi connectivity index (χ0) is 23.4. The van der Waals surface area contributed by atoms with E-state index in [-0.39, 0.29) is 17.8 Å². The molecule has 3 heterocycles. The summed E-state index contributed by atoms with van der Waals surface area (Å²) in [6.45, 7) is 3.36. The Morgan fingerprint density at radius 2 is 1.94 bits per heavy atom. The van der Waals surface area contributed by atoms with Gasteiger partial charge >= 0.3 is 0 Å². The number of nitrogen functional groups attached to an aromatic ring is 2. The van der Waals surface area contributed by atoms with Gasteiger partial charge in [0.05, 0.1) is 5.52 Å². The van der Waals surface area contributed by atoms with Crippen LogP contribution in [0.25, 0.3) is 17.0 Å². The molecule has 33 heavy (non-hydrogen) atoms. The number of nitrogens with two attached hydrogens (primary N) is 2. The van der Waals surface area contributed by atoms with Gasteiger partial charge in [0.15, 0.2) is 0 Å². The van der Waals surface area contributed by atoms with Gasteiger partial charge in [-0.2, -0.15) is 0 Å². The minimum absolute atomic E-state index is 0.0528. The second-order valence-corrected chi connectivity index (χ2v) is 7.91. The van der Waals surface area contributed by atoms with Crippen LogP contribution in [0.5, 0.6) is 0 Å². The molecule has 0 spiro atoms. The summed E-state index contributed by atoms with van der Waals surface area (Å²) in [6, 6.07) is 5.23. The number of rotatable bonds is 6. The van der Waals surface area contributed by atoms with Crippen LogP contribution in [0.2, 0.25) is 0 Å². The molecule has 10 nitrogen and oxygen atoms in total. The molecule has 1 atom stereocenters. The van der Waals surface area contributed by atoms with E-state index in [9.17, 15) is 9.59 Å². The fourth-order valence-electron chi connectivity index (χ4n) is 3.95. The normalized spacial score (nSPS) is 16.6. The van der Waals surface area contributed by atoms with E-state index >= 15 is 0 Å². The average molecular weight is 447 g/mol.